The second-order valence-electron chi connectivity index (χ2n) is 8.33. The summed E-state index contributed by atoms with van der Waals surface area (Å²) in [5, 5.41) is 2.95. The van der Waals surface area contributed by atoms with Gasteiger partial charge in [-0.3, -0.25) is 4.79 Å². The molecule has 1 N–H and O–H groups in total. The van der Waals surface area contributed by atoms with E-state index in [0.717, 1.165) is 31.3 Å². The molecule has 1 aliphatic rings. The van der Waals surface area contributed by atoms with E-state index in [1.54, 1.807) is 0 Å². The molecule has 0 radical (unpaired) electrons. The second kappa shape index (κ2) is 11.3. The summed E-state index contributed by atoms with van der Waals surface area (Å²) in [6.07, 6.45) is 5.36. The van der Waals surface area contributed by atoms with Gasteiger partial charge in [0.1, 0.15) is 18.2 Å². The summed E-state index contributed by atoms with van der Waals surface area (Å²) in [6.45, 7) is 17.2. The van der Waals surface area contributed by atoms with Crippen LogP contribution in [0, 0.1) is 17.3 Å². The molecule has 1 fully saturated rings. The first-order chi connectivity index (χ1) is 12.6. The smallest absolute Gasteiger partial charge is 0.223 e. The minimum Gasteiger partial charge on any atom is -0.491 e. The minimum atomic E-state index is -0.568. The molecule has 0 aliphatic heterocycles. The van der Waals surface area contributed by atoms with Gasteiger partial charge in [-0.05, 0) is 42.6 Å². The molecule has 0 saturated heterocycles. The zero-order valence-corrected chi connectivity index (χ0v) is 17.4. The molecule has 0 spiro atoms. The quantitative estimate of drug-likeness (QED) is 0.313. The molecule has 0 heterocycles. The Kier molecular flexibility index (Phi) is 9.78. The molecule has 27 heavy (non-hydrogen) atoms. The van der Waals surface area contributed by atoms with Gasteiger partial charge in [0, 0.05) is 18.5 Å². The van der Waals surface area contributed by atoms with E-state index in [0.29, 0.717) is 30.9 Å². The van der Waals surface area contributed by atoms with Crippen molar-refractivity contribution in [2.45, 2.75) is 53.4 Å². The highest BCUT2D eigenvalue weighted by Gasteiger charge is 2.30. The van der Waals surface area contributed by atoms with Crippen LogP contribution >= 0.6 is 0 Å². The molecule has 1 rings (SSSR count). The van der Waals surface area contributed by atoms with Crippen LogP contribution in [-0.4, -0.2) is 32.3 Å². The van der Waals surface area contributed by atoms with Crippen LogP contribution in [-0.2, 0) is 14.3 Å². The average molecular weight is 382 g/mol. The van der Waals surface area contributed by atoms with Crippen LogP contribution in [0.3, 0.4) is 0 Å². The van der Waals surface area contributed by atoms with Crippen molar-refractivity contribution in [2.75, 3.05) is 26.4 Å². The minimum absolute atomic E-state index is 0.130. The predicted octanol–water partition coefficient (Wildman–Crippen LogP) is 4.93. The zero-order chi connectivity index (χ0) is 20.4. The van der Waals surface area contributed by atoms with Crippen LogP contribution in [0.4, 0.5) is 4.39 Å². The molecule has 5 heteroatoms. The summed E-state index contributed by atoms with van der Waals surface area (Å²) < 4.78 is 24.1. The first-order valence-electron chi connectivity index (χ1n) is 9.86. The van der Waals surface area contributed by atoms with Crippen molar-refractivity contribution < 1.29 is 18.7 Å². The van der Waals surface area contributed by atoms with Crippen LogP contribution in [0.25, 0.3) is 0 Å². The zero-order valence-electron chi connectivity index (χ0n) is 17.4. The molecule has 0 unspecified atom stereocenters. The van der Waals surface area contributed by atoms with E-state index < -0.39 is 5.83 Å². The van der Waals surface area contributed by atoms with Gasteiger partial charge in [-0.15, -0.1) is 0 Å². The summed E-state index contributed by atoms with van der Waals surface area (Å²) in [5.74, 6) is 0.239. The third-order valence-electron chi connectivity index (χ3n) is 5.04. The number of allylic oxidation sites excluding steroid dienone is 3. The lowest BCUT2D eigenvalue weighted by Gasteiger charge is -2.33. The fraction of sp³-hybridized carbons (Fsp3) is 0.682. The van der Waals surface area contributed by atoms with E-state index in [1.807, 2.05) is 13.8 Å². The van der Waals surface area contributed by atoms with Gasteiger partial charge in [0.15, 0.2) is 0 Å². The van der Waals surface area contributed by atoms with Crippen LogP contribution in [0.1, 0.15) is 53.4 Å². The molecule has 1 aliphatic carbocycles. The maximum Gasteiger partial charge on any atom is 0.223 e. The molecular weight excluding hydrogens is 345 g/mol. The van der Waals surface area contributed by atoms with Crippen LogP contribution in [0.2, 0.25) is 0 Å². The molecular formula is C22H36FNO3. The summed E-state index contributed by atoms with van der Waals surface area (Å²) in [6, 6.07) is 0. The highest BCUT2D eigenvalue weighted by atomic mass is 19.1. The molecule has 0 aromatic rings. The average Bonchev–Trinajstić information content (AvgIpc) is 2.58. The van der Waals surface area contributed by atoms with Gasteiger partial charge in [-0.25, -0.2) is 4.39 Å². The summed E-state index contributed by atoms with van der Waals surface area (Å²) >= 11 is 0. The number of halogens is 1. The number of carbonyl (C=O) groups is 1. The van der Waals surface area contributed by atoms with Crippen molar-refractivity contribution in [3.05, 3.63) is 36.4 Å². The van der Waals surface area contributed by atoms with Crippen LogP contribution < -0.4 is 5.32 Å². The van der Waals surface area contributed by atoms with Gasteiger partial charge in [0.2, 0.25) is 5.91 Å². The number of rotatable bonds is 11. The number of ether oxygens (including phenoxy) is 2. The van der Waals surface area contributed by atoms with Crippen molar-refractivity contribution in [2.24, 2.45) is 17.3 Å². The maximum absolute atomic E-state index is 13.1. The highest BCUT2D eigenvalue weighted by molar-refractivity contribution is 5.78. The number of nitrogens with one attached hydrogen (secondary N) is 1. The lowest BCUT2D eigenvalue weighted by atomic mass is 9.73. The number of hydrogen-bond acceptors (Lipinski definition) is 3. The Morgan fingerprint density at radius 3 is 2.41 bits per heavy atom. The Balaban J connectivity index is 2.18. The van der Waals surface area contributed by atoms with E-state index in [1.165, 1.54) is 6.08 Å². The van der Waals surface area contributed by atoms with Gasteiger partial charge >= 0.3 is 0 Å². The number of amides is 1. The highest BCUT2D eigenvalue weighted by Crippen LogP contribution is 2.37. The largest absolute Gasteiger partial charge is 0.491 e. The Hall–Kier alpha value is -1.62. The molecule has 1 saturated carbocycles. The first kappa shape index (κ1) is 23.4. The Morgan fingerprint density at radius 1 is 1.22 bits per heavy atom. The maximum atomic E-state index is 13.1. The molecule has 4 nitrogen and oxygen atoms in total. The van der Waals surface area contributed by atoms with E-state index in [2.05, 4.69) is 32.3 Å². The fourth-order valence-electron chi connectivity index (χ4n) is 3.02. The molecule has 154 valence electrons. The predicted molar refractivity (Wildman–Crippen MR) is 108 cm³/mol. The van der Waals surface area contributed by atoms with Crippen molar-refractivity contribution in [1.82, 2.24) is 5.32 Å². The van der Waals surface area contributed by atoms with Crippen molar-refractivity contribution in [1.29, 1.82) is 0 Å². The van der Waals surface area contributed by atoms with Gasteiger partial charge in [-0.1, -0.05) is 40.9 Å². The molecule has 0 bridgehead atoms. The van der Waals surface area contributed by atoms with Crippen molar-refractivity contribution in [3.63, 3.8) is 0 Å². The van der Waals surface area contributed by atoms with E-state index in [-0.39, 0.29) is 24.3 Å². The summed E-state index contributed by atoms with van der Waals surface area (Å²) in [4.78, 5) is 12.2. The second-order valence-corrected chi connectivity index (χ2v) is 8.33. The van der Waals surface area contributed by atoms with Gasteiger partial charge in [0.25, 0.3) is 0 Å². The van der Waals surface area contributed by atoms with Crippen LogP contribution in [0.15, 0.2) is 36.4 Å². The van der Waals surface area contributed by atoms with Gasteiger partial charge in [0.05, 0.1) is 13.2 Å². The third kappa shape index (κ3) is 9.23. The number of hydrogen-bond donors (Lipinski definition) is 1. The Labute approximate surface area is 163 Å². The molecule has 0 aromatic heterocycles. The monoisotopic (exact) mass is 381 g/mol. The van der Waals surface area contributed by atoms with E-state index >= 15 is 0 Å². The van der Waals surface area contributed by atoms with Crippen molar-refractivity contribution >= 4 is 5.91 Å². The van der Waals surface area contributed by atoms with E-state index in [9.17, 15) is 9.18 Å². The molecule has 1 amide bonds. The lowest BCUT2D eigenvalue weighted by molar-refractivity contribution is -0.126. The first-order valence-corrected chi connectivity index (χ1v) is 9.86. The van der Waals surface area contributed by atoms with Crippen LogP contribution in [0.5, 0.6) is 0 Å². The third-order valence-corrected chi connectivity index (χ3v) is 5.04. The molecule has 0 atom stereocenters. The standard InChI is InChI=1S/C22H36FNO3/c1-16(2)18(4)20(15-17(3)23)27-14-13-26-12-11-24-21(25)19-7-9-22(5,6)10-8-19/h15-16,19H,3-4,7-14H2,1-2,5-6H3,(H,24,25)/b20-15+. The van der Waals surface area contributed by atoms with Gasteiger partial charge < -0.3 is 14.8 Å². The lowest BCUT2D eigenvalue weighted by Crippen LogP contribution is -2.36. The number of carbonyl (C=O) groups excluding carboxylic acids is 1. The topological polar surface area (TPSA) is 47.6 Å². The Bertz CT molecular complexity index is 542. The van der Waals surface area contributed by atoms with E-state index in [4.69, 9.17) is 9.47 Å². The normalized spacial score (nSPS) is 17.6. The van der Waals surface area contributed by atoms with Crippen molar-refractivity contribution in [3.8, 4) is 0 Å². The Morgan fingerprint density at radius 2 is 1.85 bits per heavy atom. The fourth-order valence-corrected chi connectivity index (χ4v) is 3.02. The van der Waals surface area contributed by atoms with Gasteiger partial charge in [-0.2, -0.15) is 0 Å². The summed E-state index contributed by atoms with van der Waals surface area (Å²) in [7, 11) is 0. The SMILES string of the molecule is C=C(F)/C=C(/OCCOCCNC(=O)C1CCC(C)(C)CC1)C(=C)C(C)C. The molecule has 0 aromatic carbocycles. The summed E-state index contributed by atoms with van der Waals surface area (Å²) in [5.41, 5.74) is 1.08.